The van der Waals surface area contributed by atoms with Crippen LogP contribution in [0.4, 0.5) is 0 Å². The molecule has 0 radical (unpaired) electrons. The number of benzene rings is 1. The third-order valence-corrected chi connectivity index (χ3v) is 1.41. The summed E-state index contributed by atoms with van der Waals surface area (Å²) in [6.07, 6.45) is 0. The molecule has 0 amide bonds. The summed E-state index contributed by atoms with van der Waals surface area (Å²) in [5.41, 5.74) is 6.03. The molecular weight excluding hydrogens is 178 g/mol. The molecule has 14 heavy (non-hydrogen) atoms. The van der Waals surface area contributed by atoms with Gasteiger partial charge in [-0.25, -0.2) is 0 Å². The van der Waals surface area contributed by atoms with Crippen molar-refractivity contribution < 1.29 is 9.53 Å². The summed E-state index contributed by atoms with van der Waals surface area (Å²) < 4.78 is 4.81. The van der Waals surface area contributed by atoms with Crippen LogP contribution in [0, 0.1) is 0 Å². The first-order valence-corrected chi connectivity index (χ1v) is 4.72. The molecule has 3 heteroatoms. The highest BCUT2D eigenvalue weighted by atomic mass is 16.5. The van der Waals surface area contributed by atoms with E-state index < -0.39 is 0 Å². The lowest BCUT2D eigenvalue weighted by molar-refractivity contribution is -0.143. The molecule has 0 fully saturated rings. The highest BCUT2D eigenvalue weighted by Gasteiger charge is 1.97. The van der Waals surface area contributed by atoms with Crippen molar-refractivity contribution in [2.75, 3.05) is 6.54 Å². The van der Waals surface area contributed by atoms with E-state index in [1.165, 1.54) is 0 Å². The topological polar surface area (TPSA) is 52.3 Å². The van der Waals surface area contributed by atoms with E-state index in [0.717, 1.165) is 5.56 Å². The van der Waals surface area contributed by atoms with Gasteiger partial charge in [-0.15, -0.1) is 0 Å². The summed E-state index contributed by atoms with van der Waals surface area (Å²) in [6.45, 7) is 4.24. The number of carbonyl (C=O) groups is 1. The number of hydrogen-bond donors (Lipinski definition) is 1. The van der Waals surface area contributed by atoms with Gasteiger partial charge in [-0.3, -0.25) is 4.79 Å². The van der Waals surface area contributed by atoms with Gasteiger partial charge < -0.3 is 10.5 Å². The molecule has 0 aliphatic rings. The zero-order chi connectivity index (χ0) is 10.8. The van der Waals surface area contributed by atoms with Crippen LogP contribution in [0.25, 0.3) is 0 Å². The van der Waals surface area contributed by atoms with Crippen molar-refractivity contribution in [2.45, 2.75) is 20.5 Å². The van der Waals surface area contributed by atoms with Gasteiger partial charge in [0.2, 0.25) is 0 Å². The third kappa shape index (κ3) is 5.32. The fraction of sp³-hybridized carbons (Fsp3) is 0.364. The first-order valence-electron chi connectivity index (χ1n) is 4.72. The Morgan fingerprint density at radius 2 is 1.86 bits per heavy atom. The van der Waals surface area contributed by atoms with Crippen molar-refractivity contribution in [2.24, 2.45) is 5.73 Å². The Bertz CT molecular complexity index is 247. The zero-order valence-corrected chi connectivity index (χ0v) is 8.69. The molecule has 0 atom stereocenters. The normalized spacial score (nSPS) is 8.50. The second-order valence-electron chi connectivity index (χ2n) is 2.35. The standard InChI is InChI=1S/C9H11NO2.C2H6/c10-6-9(11)12-7-8-4-2-1-3-5-8;1-2/h1-5H,6-7,10H2;1-2H3. The molecule has 0 aliphatic carbocycles. The average Bonchev–Trinajstić information content (AvgIpc) is 2.30. The van der Waals surface area contributed by atoms with Crippen molar-refractivity contribution >= 4 is 5.97 Å². The Balaban J connectivity index is 0.000000791. The predicted molar refractivity (Wildman–Crippen MR) is 56.6 cm³/mol. The summed E-state index contributed by atoms with van der Waals surface area (Å²) in [4.78, 5) is 10.6. The number of carbonyl (C=O) groups excluding carboxylic acids is 1. The van der Waals surface area contributed by atoms with E-state index in [0.29, 0.717) is 6.61 Å². The van der Waals surface area contributed by atoms with Gasteiger partial charge in [-0.1, -0.05) is 44.2 Å². The second kappa shape index (κ2) is 8.26. The van der Waals surface area contributed by atoms with Crippen molar-refractivity contribution in [3.8, 4) is 0 Å². The minimum Gasteiger partial charge on any atom is -0.460 e. The van der Waals surface area contributed by atoms with Crippen LogP contribution >= 0.6 is 0 Å². The van der Waals surface area contributed by atoms with E-state index in [4.69, 9.17) is 10.5 Å². The number of ether oxygens (including phenoxy) is 1. The average molecular weight is 195 g/mol. The van der Waals surface area contributed by atoms with Crippen LogP contribution in [-0.4, -0.2) is 12.5 Å². The monoisotopic (exact) mass is 195 g/mol. The number of nitrogens with two attached hydrogens (primary N) is 1. The molecule has 2 N–H and O–H groups in total. The highest BCUT2D eigenvalue weighted by molar-refractivity contribution is 5.71. The van der Waals surface area contributed by atoms with E-state index in [-0.39, 0.29) is 12.5 Å². The van der Waals surface area contributed by atoms with E-state index in [1.54, 1.807) is 0 Å². The Labute approximate surface area is 84.9 Å². The highest BCUT2D eigenvalue weighted by Crippen LogP contribution is 1.99. The molecule has 0 saturated heterocycles. The van der Waals surface area contributed by atoms with Gasteiger partial charge >= 0.3 is 5.97 Å². The van der Waals surface area contributed by atoms with Crippen LogP contribution in [0.5, 0.6) is 0 Å². The lowest BCUT2D eigenvalue weighted by atomic mass is 10.2. The van der Waals surface area contributed by atoms with Gasteiger partial charge in [0.05, 0.1) is 6.54 Å². The first-order chi connectivity index (χ1) is 6.83. The minimum absolute atomic E-state index is 0.0627. The SMILES string of the molecule is CC.NCC(=O)OCc1ccccc1. The van der Waals surface area contributed by atoms with Crippen molar-refractivity contribution in [1.29, 1.82) is 0 Å². The molecular formula is C11H17NO2. The molecule has 1 aromatic rings. The smallest absolute Gasteiger partial charge is 0.320 e. The molecule has 0 aliphatic heterocycles. The summed E-state index contributed by atoms with van der Waals surface area (Å²) in [7, 11) is 0. The fourth-order valence-electron chi connectivity index (χ4n) is 0.797. The van der Waals surface area contributed by atoms with Gasteiger partial charge in [0.1, 0.15) is 6.61 Å². The summed E-state index contributed by atoms with van der Waals surface area (Å²) in [5, 5.41) is 0. The first kappa shape index (κ1) is 12.7. The van der Waals surface area contributed by atoms with Crippen molar-refractivity contribution in [3.63, 3.8) is 0 Å². The molecule has 78 valence electrons. The maximum absolute atomic E-state index is 10.6. The van der Waals surface area contributed by atoms with E-state index in [9.17, 15) is 4.79 Å². The minimum atomic E-state index is -0.376. The van der Waals surface area contributed by atoms with Crippen LogP contribution in [0.3, 0.4) is 0 Å². The lowest BCUT2D eigenvalue weighted by Gasteiger charge is -2.01. The third-order valence-electron chi connectivity index (χ3n) is 1.41. The van der Waals surface area contributed by atoms with E-state index in [2.05, 4.69) is 0 Å². The predicted octanol–water partition coefficient (Wildman–Crippen LogP) is 1.71. The van der Waals surface area contributed by atoms with Gasteiger partial charge in [0.15, 0.2) is 0 Å². The molecule has 1 rings (SSSR count). The Morgan fingerprint density at radius 3 is 2.36 bits per heavy atom. The number of hydrogen-bond acceptors (Lipinski definition) is 3. The largest absolute Gasteiger partial charge is 0.460 e. The molecule has 1 aromatic carbocycles. The maximum atomic E-state index is 10.6. The van der Waals surface area contributed by atoms with Crippen LogP contribution in [0.15, 0.2) is 30.3 Å². The molecule has 3 nitrogen and oxygen atoms in total. The van der Waals surface area contributed by atoms with Crippen LogP contribution in [0.1, 0.15) is 19.4 Å². The maximum Gasteiger partial charge on any atom is 0.320 e. The van der Waals surface area contributed by atoms with Crippen molar-refractivity contribution in [3.05, 3.63) is 35.9 Å². The zero-order valence-electron chi connectivity index (χ0n) is 8.69. The number of esters is 1. The van der Waals surface area contributed by atoms with Gasteiger partial charge in [-0.2, -0.15) is 0 Å². The molecule has 0 aromatic heterocycles. The van der Waals surface area contributed by atoms with Gasteiger partial charge in [-0.05, 0) is 5.56 Å². The Hall–Kier alpha value is -1.35. The number of rotatable bonds is 3. The van der Waals surface area contributed by atoms with Gasteiger partial charge in [0, 0.05) is 0 Å². The molecule has 0 unspecified atom stereocenters. The van der Waals surface area contributed by atoms with Crippen LogP contribution in [-0.2, 0) is 16.1 Å². The Kier molecular flexibility index (Phi) is 7.46. The summed E-state index contributed by atoms with van der Waals surface area (Å²) >= 11 is 0. The summed E-state index contributed by atoms with van der Waals surface area (Å²) in [6, 6.07) is 9.49. The molecule has 0 heterocycles. The molecule has 0 spiro atoms. The van der Waals surface area contributed by atoms with E-state index in [1.807, 2.05) is 44.2 Å². The van der Waals surface area contributed by atoms with Crippen molar-refractivity contribution in [1.82, 2.24) is 0 Å². The summed E-state index contributed by atoms with van der Waals surface area (Å²) in [5.74, 6) is -0.376. The van der Waals surface area contributed by atoms with E-state index >= 15 is 0 Å². The van der Waals surface area contributed by atoms with Crippen LogP contribution < -0.4 is 5.73 Å². The lowest BCUT2D eigenvalue weighted by Crippen LogP contribution is -2.16. The Morgan fingerprint density at radius 1 is 1.29 bits per heavy atom. The molecule has 0 saturated carbocycles. The second-order valence-corrected chi connectivity index (χ2v) is 2.35. The fourth-order valence-corrected chi connectivity index (χ4v) is 0.797. The van der Waals surface area contributed by atoms with Crippen LogP contribution in [0.2, 0.25) is 0 Å². The van der Waals surface area contributed by atoms with Gasteiger partial charge in [0.25, 0.3) is 0 Å². The molecule has 0 bridgehead atoms. The quantitative estimate of drug-likeness (QED) is 0.747.